The van der Waals surface area contributed by atoms with Gasteiger partial charge in [0.2, 0.25) is 0 Å². The van der Waals surface area contributed by atoms with Gasteiger partial charge in [-0.15, -0.1) is 11.3 Å². The summed E-state index contributed by atoms with van der Waals surface area (Å²) in [5, 5.41) is 9.47. The van der Waals surface area contributed by atoms with Crippen LogP contribution in [0.5, 0.6) is 0 Å². The molecule has 0 aliphatic heterocycles. The molecular formula is C9H13NOS. The lowest BCUT2D eigenvalue weighted by Gasteiger charge is -2.02. The maximum atomic E-state index is 9.47. The smallest absolute Gasteiger partial charge is 0.100 e. The van der Waals surface area contributed by atoms with Gasteiger partial charge in [-0.25, -0.2) is 0 Å². The molecule has 1 heterocycles. The molecule has 1 aliphatic rings. The van der Waals surface area contributed by atoms with Crippen LogP contribution in [0.25, 0.3) is 0 Å². The van der Waals surface area contributed by atoms with Crippen LogP contribution >= 0.6 is 11.3 Å². The number of aryl methyl sites for hydroxylation is 2. The first-order valence-corrected chi connectivity index (χ1v) is 5.12. The fourth-order valence-corrected chi connectivity index (χ4v) is 2.89. The van der Waals surface area contributed by atoms with Gasteiger partial charge < -0.3 is 10.8 Å². The number of fused-ring (bicyclic) bond motifs is 1. The molecule has 12 heavy (non-hydrogen) atoms. The molecule has 0 spiro atoms. The predicted octanol–water partition coefficient (Wildman–Crippen LogP) is 1.23. The second kappa shape index (κ2) is 3.17. The first kappa shape index (κ1) is 8.23. The van der Waals surface area contributed by atoms with E-state index in [-0.39, 0.29) is 0 Å². The minimum atomic E-state index is -0.444. The van der Waals surface area contributed by atoms with Crippen molar-refractivity contribution >= 4 is 11.3 Å². The molecule has 0 unspecified atom stereocenters. The summed E-state index contributed by atoms with van der Waals surface area (Å²) in [6.45, 7) is 0.333. The van der Waals surface area contributed by atoms with Crippen molar-refractivity contribution in [3.05, 3.63) is 21.4 Å². The van der Waals surface area contributed by atoms with Gasteiger partial charge >= 0.3 is 0 Å². The fourth-order valence-electron chi connectivity index (χ4n) is 1.63. The Kier molecular flexibility index (Phi) is 2.17. The van der Waals surface area contributed by atoms with Crippen molar-refractivity contribution in [1.29, 1.82) is 0 Å². The Morgan fingerprint density at radius 1 is 1.58 bits per heavy atom. The number of rotatable bonds is 2. The molecular weight excluding hydrogens is 170 g/mol. The van der Waals surface area contributed by atoms with E-state index in [1.807, 2.05) is 0 Å². The Hall–Kier alpha value is -0.380. The molecule has 1 aromatic rings. The fraction of sp³-hybridized carbons (Fsp3) is 0.556. The summed E-state index contributed by atoms with van der Waals surface area (Å²) in [5.74, 6) is 0. The second-order valence-corrected chi connectivity index (χ2v) is 4.37. The minimum absolute atomic E-state index is 0.333. The molecule has 0 amide bonds. The van der Waals surface area contributed by atoms with Crippen LogP contribution in [-0.2, 0) is 12.8 Å². The predicted molar refractivity (Wildman–Crippen MR) is 50.4 cm³/mol. The molecule has 66 valence electrons. The van der Waals surface area contributed by atoms with E-state index in [1.165, 1.54) is 29.7 Å². The Bertz CT molecular complexity index is 261. The average Bonchev–Trinajstić information content (AvgIpc) is 2.60. The minimum Gasteiger partial charge on any atom is -0.386 e. The zero-order valence-electron chi connectivity index (χ0n) is 6.92. The summed E-state index contributed by atoms with van der Waals surface area (Å²) in [7, 11) is 0. The molecule has 0 saturated carbocycles. The van der Waals surface area contributed by atoms with Crippen LogP contribution in [0.3, 0.4) is 0 Å². The van der Waals surface area contributed by atoms with Gasteiger partial charge in [-0.2, -0.15) is 0 Å². The lowest BCUT2D eigenvalue weighted by molar-refractivity contribution is 0.190. The van der Waals surface area contributed by atoms with Gasteiger partial charge in [-0.3, -0.25) is 0 Å². The maximum Gasteiger partial charge on any atom is 0.100 e. The summed E-state index contributed by atoms with van der Waals surface area (Å²) < 4.78 is 0. The Balaban J connectivity index is 2.25. The van der Waals surface area contributed by atoms with Crippen LogP contribution in [0, 0.1) is 0 Å². The van der Waals surface area contributed by atoms with Gasteiger partial charge in [0.05, 0.1) is 0 Å². The number of nitrogens with two attached hydrogens (primary N) is 1. The standard InChI is InChI=1S/C9H13NOS/c10-5-7(11)9-4-6-2-1-3-8(6)12-9/h4,7,11H,1-3,5,10H2/t7-/m0/s1. The Morgan fingerprint density at radius 3 is 3.08 bits per heavy atom. The molecule has 2 rings (SSSR count). The molecule has 1 aromatic heterocycles. The molecule has 1 atom stereocenters. The van der Waals surface area contributed by atoms with Crippen LogP contribution in [0.15, 0.2) is 6.07 Å². The molecule has 2 nitrogen and oxygen atoms in total. The van der Waals surface area contributed by atoms with E-state index in [2.05, 4.69) is 6.07 Å². The van der Waals surface area contributed by atoms with E-state index in [9.17, 15) is 5.11 Å². The van der Waals surface area contributed by atoms with Crippen LogP contribution in [-0.4, -0.2) is 11.7 Å². The van der Waals surface area contributed by atoms with Crippen molar-refractivity contribution in [3.8, 4) is 0 Å². The molecule has 3 heteroatoms. The third-order valence-corrected chi connectivity index (χ3v) is 3.66. The van der Waals surface area contributed by atoms with Crippen LogP contribution < -0.4 is 5.73 Å². The van der Waals surface area contributed by atoms with Crippen LogP contribution in [0.1, 0.15) is 27.8 Å². The van der Waals surface area contributed by atoms with Crippen molar-refractivity contribution in [2.24, 2.45) is 5.73 Å². The van der Waals surface area contributed by atoms with Crippen molar-refractivity contribution in [3.63, 3.8) is 0 Å². The van der Waals surface area contributed by atoms with E-state index in [4.69, 9.17) is 5.73 Å². The normalized spacial score (nSPS) is 17.8. The van der Waals surface area contributed by atoms with E-state index >= 15 is 0 Å². The van der Waals surface area contributed by atoms with Crippen molar-refractivity contribution in [2.75, 3.05) is 6.54 Å². The number of hydrogen-bond acceptors (Lipinski definition) is 3. The summed E-state index contributed by atoms with van der Waals surface area (Å²) in [6, 6.07) is 2.12. The quantitative estimate of drug-likeness (QED) is 0.724. The van der Waals surface area contributed by atoms with Crippen LogP contribution in [0.2, 0.25) is 0 Å². The lowest BCUT2D eigenvalue weighted by Crippen LogP contribution is -2.09. The largest absolute Gasteiger partial charge is 0.386 e. The first-order chi connectivity index (χ1) is 5.81. The Labute approximate surface area is 76.0 Å². The van der Waals surface area contributed by atoms with E-state index in [0.29, 0.717) is 6.54 Å². The van der Waals surface area contributed by atoms with Crippen molar-refractivity contribution in [1.82, 2.24) is 0 Å². The van der Waals surface area contributed by atoms with Gasteiger partial charge in [-0.1, -0.05) is 0 Å². The number of aliphatic hydroxyl groups is 1. The third kappa shape index (κ3) is 1.28. The highest BCUT2D eigenvalue weighted by Gasteiger charge is 2.17. The van der Waals surface area contributed by atoms with Gasteiger partial charge in [0, 0.05) is 16.3 Å². The zero-order valence-corrected chi connectivity index (χ0v) is 7.73. The second-order valence-electron chi connectivity index (χ2n) is 3.20. The summed E-state index contributed by atoms with van der Waals surface area (Å²) in [5.41, 5.74) is 6.81. The topological polar surface area (TPSA) is 46.2 Å². The summed E-state index contributed by atoms with van der Waals surface area (Å²) >= 11 is 1.72. The van der Waals surface area contributed by atoms with Gasteiger partial charge in [0.1, 0.15) is 6.10 Å². The third-order valence-electron chi connectivity index (χ3n) is 2.32. The van der Waals surface area contributed by atoms with Gasteiger partial charge in [0.25, 0.3) is 0 Å². The van der Waals surface area contributed by atoms with E-state index < -0.39 is 6.10 Å². The number of hydrogen-bond donors (Lipinski definition) is 2. The average molecular weight is 183 g/mol. The highest BCUT2D eigenvalue weighted by molar-refractivity contribution is 7.12. The van der Waals surface area contributed by atoms with E-state index in [0.717, 1.165) is 4.88 Å². The highest BCUT2D eigenvalue weighted by atomic mass is 32.1. The number of aliphatic hydroxyl groups excluding tert-OH is 1. The van der Waals surface area contributed by atoms with E-state index in [1.54, 1.807) is 11.3 Å². The summed E-state index contributed by atoms with van der Waals surface area (Å²) in [4.78, 5) is 2.50. The molecule has 0 aromatic carbocycles. The van der Waals surface area contributed by atoms with Crippen molar-refractivity contribution < 1.29 is 5.11 Å². The molecule has 3 N–H and O–H groups in total. The van der Waals surface area contributed by atoms with Crippen LogP contribution in [0.4, 0.5) is 0 Å². The SMILES string of the molecule is NC[C@H](O)c1cc2c(s1)CCC2. The molecule has 0 saturated heterocycles. The van der Waals surface area contributed by atoms with Gasteiger partial charge in [0.15, 0.2) is 0 Å². The monoisotopic (exact) mass is 183 g/mol. The number of thiophene rings is 1. The maximum absolute atomic E-state index is 9.47. The molecule has 0 bridgehead atoms. The highest BCUT2D eigenvalue weighted by Crippen LogP contribution is 2.33. The molecule has 1 aliphatic carbocycles. The lowest BCUT2D eigenvalue weighted by atomic mass is 10.2. The first-order valence-electron chi connectivity index (χ1n) is 4.31. The molecule has 0 fully saturated rings. The van der Waals surface area contributed by atoms with Crippen molar-refractivity contribution in [2.45, 2.75) is 25.4 Å². The zero-order chi connectivity index (χ0) is 8.55. The Morgan fingerprint density at radius 2 is 2.42 bits per heavy atom. The molecule has 0 radical (unpaired) electrons. The van der Waals surface area contributed by atoms with Gasteiger partial charge in [-0.05, 0) is 30.9 Å². The summed E-state index contributed by atoms with van der Waals surface area (Å²) in [6.07, 6.45) is 3.21.